The van der Waals surface area contributed by atoms with Crippen molar-refractivity contribution in [2.24, 2.45) is 0 Å². The maximum absolute atomic E-state index is 5.14. The van der Waals surface area contributed by atoms with Crippen molar-refractivity contribution >= 4 is 5.82 Å². The van der Waals surface area contributed by atoms with E-state index < -0.39 is 0 Å². The summed E-state index contributed by atoms with van der Waals surface area (Å²) in [5, 5.41) is 2.95. The molecule has 0 spiro atoms. The predicted octanol–water partition coefficient (Wildman–Crippen LogP) is 1.44. The first-order chi connectivity index (χ1) is 5.29. The third-order valence-corrected chi connectivity index (χ3v) is 1.54. The molecule has 11 heavy (non-hydrogen) atoms. The SMILES string of the molecule is CNc1nccc(C)c1OC. The van der Waals surface area contributed by atoms with Crippen LogP contribution in [0.2, 0.25) is 0 Å². The molecule has 0 aliphatic rings. The maximum Gasteiger partial charge on any atom is 0.168 e. The molecule has 0 unspecified atom stereocenters. The van der Waals surface area contributed by atoms with E-state index >= 15 is 0 Å². The van der Waals surface area contributed by atoms with Crippen LogP contribution in [0.5, 0.6) is 5.75 Å². The summed E-state index contributed by atoms with van der Waals surface area (Å²) < 4.78 is 5.14. The minimum absolute atomic E-state index is 0.785. The first-order valence-electron chi connectivity index (χ1n) is 3.47. The molecule has 0 saturated heterocycles. The van der Waals surface area contributed by atoms with E-state index in [1.807, 2.05) is 20.0 Å². The van der Waals surface area contributed by atoms with E-state index in [0.717, 1.165) is 17.1 Å². The Kier molecular flexibility index (Phi) is 2.31. The van der Waals surface area contributed by atoms with Gasteiger partial charge in [0.2, 0.25) is 0 Å². The summed E-state index contributed by atoms with van der Waals surface area (Å²) in [6.07, 6.45) is 1.75. The summed E-state index contributed by atoms with van der Waals surface area (Å²) in [5.41, 5.74) is 1.09. The fourth-order valence-electron chi connectivity index (χ4n) is 0.980. The molecule has 0 aliphatic heterocycles. The monoisotopic (exact) mass is 152 g/mol. The lowest BCUT2D eigenvalue weighted by atomic mass is 10.2. The van der Waals surface area contributed by atoms with Crippen LogP contribution < -0.4 is 10.1 Å². The van der Waals surface area contributed by atoms with E-state index in [9.17, 15) is 0 Å². The van der Waals surface area contributed by atoms with Crippen LogP contribution >= 0.6 is 0 Å². The zero-order valence-electron chi connectivity index (χ0n) is 7.01. The molecular formula is C8H12N2O. The zero-order chi connectivity index (χ0) is 8.27. The second kappa shape index (κ2) is 3.23. The molecule has 0 fully saturated rings. The van der Waals surface area contributed by atoms with Gasteiger partial charge in [-0.25, -0.2) is 4.98 Å². The highest BCUT2D eigenvalue weighted by Gasteiger charge is 2.03. The molecule has 1 N–H and O–H groups in total. The van der Waals surface area contributed by atoms with E-state index in [1.54, 1.807) is 13.3 Å². The Morgan fingerprint density at radius 2 is 2.27 bits per heavy atom. The number of anilines is 1. The summed E-state index contributed by atoms with van der Waals surface area (Å²) in [6, 6.07) is 1.92. The Labute approximate surface area is 66.4 Å². The first kappa shape index (κ1) is 7.85. The van der Waals surface area contributed by atoms with Gasteiger partial charge in [0, 0.05) is 13.2 Å². The van der Waals surface area contributed by atoms with Gasteiger partial charge in [0.1, 0.15) is 0 Å². The lowest BCUT2D eigenvalue weighted by Gasteiger charge is -2.08. The van der Waals surface area contributed by atoms with Gasteiger partial charge < -0.3 is 10.1 Å². The summed E-state index contributed by atoms with van der Waals surface area (Å²) in [5.74, 6) is 1.60. The molecule has 0 amide bonds. The Hall–Kier alpha value is -1.25. The lowest BCUT2D eigenvalue weighted by molar-refractivity contribution is 0.412. The van der Waals surface area contributed by atoms with E-state index in [-0.39, 0.29) is 0 Å². The summed E-state index contributed by atoms with van der Waals surface area (Å²) in [7, 11) is 3.47. The molecule has 0 saturated carbocycles. The van der Waals surface area contributed by atoms with Gasteiger partial charge in [-0.3, -0.25) is 0 Å². The van der Waals surface area contributed by atoms with E-state index in [0.29, 0.717) is 0 Å². The standard InChI is InChI=1S/C8H12N2O/c1-6-4-5-10-8(9-2)7(6)11-3/h4-5H,1-3H3,(H,9,10). The number of ether oxygens (including phenoxy) is 1. The zero-order valence-corrected chi connectivity index (χ0v) is 7.01. The topological polar surface area (TPSA) is 34.2 Å². The van der Waals surface area contributed by atoms with Crippen molar-refractivity contribution in [3.8, 4) is 5.75 Å². The van der Waals surface area contributed by atoms with Crippen molar-refractivity contribution in [3.05, 3.63) is 17.8 Å². The highest BCUT2D eigenvalue weighted by Crippen LogP contribution is 2.24. The summed E-state index contributed by atoms with van der Waals surface area (Å²) in [6.45, 7) is 1.99. The van der Waals surface area contributed by atoms with Crippen molar-refractivity contribution in [1.29, 1.82) is 0 Å². The number of methoxy groups -OCH3 is 1. The maximum atomic E-state index is 5.14. The minimum Gasteiger partial charge on any atom is -0.493 e. The molecule has 3 heteroatoms. The van der Waals surface area contributed by atoms with E-state index in [4.69, 9.17) is 4.74 Å². The first-order valence-corrected chi connectivity index (χ1v) is 3.47. The molecule has 0 atom stereocenters. The third kappa shape index (κ3) is 1.42. The Balaban J connectivity index is 3.13. The second-order valence-corrected chi connectivity index (χ2v) is 2.26. The summed E-state index contributed by atoms with van der Waals surface area (Å²) in [4.78, 5) is 4.09. The van der Waals surface area contributed by atoms with Crippen LogP contribution in [0.4, 0.5) is 5.82 Å². The van der Waals surface area contributed by atoms with Gasteiger partial charge >= 0.3 is 0 Å². The average Bonchev–Trinajstić information content (AvgIpc) is 2.04. The Morgan fingerprint density at radius 3 is 2.73 bits per heavy atom. The molecule has 0 radical (unpaired) electrons. The van der Waals surface area contributed by atoms with Gasteiger partial charge in [-0.1, -0.05) is 0 Å². The molecule has 0 bridgehead atoms. The van der Waals surface area contributed by atoms with Crippen molar-refractivity contribution in [1.82, 2.24) is 4.98 Å². The number of aryl methyl sites for hydroxylation is 1. The second-order valence-electron chi connectivity index (χ2n) is 2.26. The normalized spacial score (nSPS) is 9.36. The van der Waals surface area contributed by atoms with Crippen LogP contribution in [-0.2, 0) is 0 Å². The van der Waals surface area contributed by atoms with Crippen LogP contribution in [0.15, 0.2) is 12.3 Å². The highest BCUT2D eigenvalue weighted by molar-refractivity contribution is 5.53. The van der Waals surface area contributed by atoms with Crippen molar-refractivity contribution < 1.29 is 4.74 Å². The number of pyridine rings is 1. The number of hydrogen-bond donors (Lipinski definition) is 1. The molecule has 60 valence electrons. The van der Waals surface area contributed by atoms with Crippen LogP contribution in [0.1, 0.15) is 5.56 Å². The van der Waals surface area contributed by atoms with Crippen LogP contribution in [0, 0.1) is 6.92 Å². The molecule has 1 aromatic rings. The number of nitrogens with one attached hydrogen (secondary N) is 1. The molecule has 1 heterocycles. The van der Waals surface area contributed by atoms with Crippen molar-refractivity contribution in [3.63, 3.8) is 0 Å². The average molecular weight is 152 g/mol. The van der Waals surface area contributed by atoms with Crippen LogP contribution in [-0.4, -0.2) is 19.1 Å². The van der Waals surface area contributed by atoms with Crippen LogP contribution in [0.3, 0.4) is 0 Å². The largest absolute Gasteiger partial charge is 0.493 e. The van der Waals surface area contributed by atoms with E-state index in [1.165, 1.54) is 0 Å². The summed E-state index contributed by atoms with van der Waals surface area (Å²) >= 11 is 0. The van der Waals surface area contributed by atoms with E-state index in [2.05, 4.69) is 10.3 Å². The number of aromatic nitrogens is 1. The Bertz CT molecular complexity index is 248. The highest BCUT2D eigenvalue weighted by atomic mass is 16.5. The molecule has 1 rings (SSSR count). The number of nitrogens with zero attached hydrogens (tertiary/aromatic N) is 1. The van der Waals surface area contributed by atoms with Gasteiger partial charge in [0.25, 0.3) is 0 Å². The number of hydrogen-bond acceptors (Lipinski definition) is 3. The fraction of sp³-hybridized carbons (Fsp3) is 0.375. The number of rotatable bonds is 2. The predicted molar refractivity (Wildman–Crippen MR) is 45.1 cm³/mol. The molecule has 1 aromatic heterocycles. The van der Waals surface area contributed by atoms with Gasteiger partial charge in [-0.05, 0) is 18.6 Å². The van der Waals surface area contributed by atoms with Gasteiger partial charge in [0.15, 0.2) is 11.6 Å². The minimum atomic E-state index is 0.785. The quantitative estimate of drug-likeness (QED) is 0.696. The molecule has 0 aliphatic carbocycles. The van der Waals surface area contributed by atoms with Crippen LogP contribution in [0.25, 0.3) is 0 Å². The third-order valence-electron chi connectivity index (χ3n) is 1.54. The van der Waals surface area contributed by atoms with Crippen molar-refractivity contribution in [2.75, 3.05) is 19.5 Å². The smallest absolute Gasteiger partial charge is 0.168 e. The lowest BCUT2D eigenvalue weighted by Crippen LogP contribution is -1.97. The molecule has 0 aromatic carbocycles. The van der Waals surface area contributed by atoms with Gasteiger partial charge in [-0.15, -0.1) is 0 Å². The van der Waals surface area contributed by atoms with Gasteiger partial charge in [0.05, 0.1) is 7.11 Å². The fourth-order valence-corrected chi connectivity index (χ4v) is 0.980. The molecule has 3 nitrogen and oxygen atoms in total. The molecular weight excluding hydrogens is 140 g/mol. The Morgan fingerprint density at radius 1 is 1.55 bits per heavy atom. The van der Waals surface area contributed by atoms with Crippen molar-refractivity contribution in [2.45, 2.75) is 6.92 Å². The van der Waals surface area contributed by atoms with Gasteiger partial charge in [-0.2, -0.15) is 0 Å².